The molecule has 3 nitrogen and oxygen atoms in total. The minimum absolute atomic E-state index is 0.578. The fourth-order valence-corrected chi connectivity index (χ4v) is 4.06. The van der Waals surface area contributed by atoms with Crippen LogP contribution < -0.4 is 0 Å². The monoisotopic (exact) mass is 419 g/mol. The summed E-state index contributed by atoms with van der Waals surface area (Å²) in [7, 11) is 2.01. The second-order valence-electron chi connectivity index (χ2n) is 5.87. The smallest absolute Gasteiger partial charge is 0.135 e. The van der Waals surface area contributed by atoms with Crippen molar-refractivity contribution < 1.29 is 0 Å². The van der Waals surface area contributed by atoms with E-state index in [1.807, 2.05) is 55.6 Å². The quantitative estimate of drug-likeness (QED) is 0.374. The Bertz CT molecular complexity index is 1130. The number of hydrogen-bond donors (Lipinski definition) is 0. The SMILES string of the molecule is Cn1c(/C=C(\C#N)c2nc3ccccc3s2)ccc1-c1ccc(Br)cc1. The topological polar surface area (TPSA) is 41.6 Å². The van der Waals surface area contributed by atoms with Crippen LogP contribution in [0, 0.1) is 11.3 Å². The molecule has 0 amide bonds. The summed E-state index contributed by atoms with van der Waals surface area (Å²) in [6, 6.07) is 22.6. The molecule has 0 saturated carbocycles. The second kappa shape index (κ2) is 6.91. The molecule has 2 aromatic heterocycles. The van der Waals surface area contributed by atoms with Crippen LogP contribution in [0.3, 0.4) is 0 Å². The Labute approximate surface area is 164 Å². The number of benzene rings is 2. The van der Waals surface area contributed by atoms with Crippen LogP contribution in [0.5, 0.6) is 0 Å². The zero-order valence-corrected chi connectivity index (χ0v) is 16.4. The van der Waals surface area contributed by atoms with Crippen molar-refractivity contribution in [3.05, 3.63) is 75.8 Å². The highest BCUT2D eigenvalue weighted by atomic mass is 79.9. The minimum Gasteiger partial charge on any atom is -0.344 e. The lowest BCUT2D eigenvalue weighted by Crippen LogP contribution is -1.94. The number of hydrogen-bond acceptors (Lipinski definition) is 3. The van der Waals surface area contributed by atoms with Crippen LogP contribution in [0.2, 0.25) is 0 Å². The van der Waals surface area contributed by atoms with E-state index in [0.717, 1.165) is 36.6 Å². The summed E-state index contributed by atoms with van der Waals surface area (Å²) in [5.41, 5.74) is 4.71. The Balaban J connectivity index is 1.75. The summed E-state index contributed by atoms with van der Waals surface area (Å²) in [6.07, 6.45) is 1.90. The molecule has 0 atom stereocenters. The van der Waals surface area contributed by atoms with Crippen LogP contribution in [-0.4, -0.2) is 9.55 Å². The normalized spacial score (nSPS) is 11.7. The van der Waals surface area contributed by atoms with Crippen LogP contribution in [-0.2, 0) is 7.05 Å². The molecule has 0 unspecified atom stereocenters. The first-order valence-electron chi connectivity index (χ1n) is 8.05. The zero-order chi connectivity index (χ0) is 18.1. The van der Waals surface area contributed by atoms with Crippen molar-refractivity contribution in [1.29, 1.82) is 5.26 Å². The molecule has 126 valence electrons. The van der Waals surface area contributed by atoms with Gasteiger partial charge in [0, 0.05) is 22.9 Å². The van der Waals surface area contributed by atoms with Crippen LogP contribution in [0.25, 0.3) is 33.1 Å². The summed E-state index contributed by atoms with van der Waals surface area (Å²) < 4.78 is 4.23. The average molecular weight is 420 g/mol. The van der Waals surface area contributed by atoms with Crippen molar-refractivity contribution >= 4 is 49.1 Å². The average Bonchev–Trinajstić information content (AvgIpc) is 3.24. The third-order valence-corrected chi connectivity index (χ3v) is 5.84. The van der Waals surface area contributed by atoms with Crippen molar-refractivity contribution in [2.45, 2.75) is 0 Å². The lowest BCUT2D eigenvalue weighted by molar-refractivity contribution is 0.924. The molecule has 0 aliphatic carbocycles. The third-order valence-electron chi connectivity index (χ3n) is 4.24. The van der Waals surface area contributed by atoms with E-state index in [1.165, 1.54) is 0 Å². The molecule has 0 fully saturated rings. The molecule has 5 heteroatoms. The van der Waals surface area contributed by atoms with E-state index >= 15 is 0 Å². The second-order valence-corrected chi connectivity index (χ2v) is 7.81. The first-order valence-corrected chi connectivity index (χ1v) is 9.66. The Morgan fingerprint density at radius 3 is 2.62 bits per heavy atom. The van der Waals surface area contributed by atoms with E-state index in [4.69, 9.17) is 0 Å². The molecular weight excluding hydrogens is 406 g/mol. The van der Waals surface area contributed by atoms with Crippen molar-refractivity contribution in [3.8, 4) is 17.3 Å². The van der Waals surface area contributed by atoms with Crippen molar-refractivity contribution in [3.63, 3.8) is 0 Å². The third kappa shape index (κ3) is 3.10. The summed E-state index contributed by atoms with van der Waals surface area (Å²) in [5.74, 6) is 0. The summed E-state index contributed by atoms with van der Waals surface area (Å²) >= 11 is 5.01. The highest BCUT2D eigenvalue weighted by Crippen LogP contribution is 2.29. The summed E-state index contributed by atoms with van der Waals surface area (Å²) in [4.78, 5) is 4.60. The lowest BCUT2D eigenvalue weighted by Gasteiger charge is -2.06. The molecule has 0 aliphatic rings. The Morgan fingerprint density at radius 1 is 1.12 bits per heavy atom. The standard InChI is InChI=1S/C21H14BrN3S/c1-25-17(10-11-19(25)14-6-8-16(22)9-7-14)12-15(13-23)21-24-18-4-2-3-5-20(18)26-21/h2-12H,1H3/b15-12+. The van der Waals surface area contributed by atoms with Gasteiger partial charge in [0.05, 0.1) is 15.8 Å². The van der Waals surface area contributed by atoms with E-state index < -0.39 is 0 Å². The Hall–Kier alpha value is -2.68. The van der Waals surface area contributed by atoms with Gasteiger partial charge in [-0.2, -0.15) is 5.26 Å². The van der Waals surface area contributed by atoms with Gasteiger partial charge in [0.25, 0.3) is 0 Å². The van der Waals surface area contributed by atoms with Gasteiger partial charge in [0.1, 0.15) is 11.1 Å². The predicted octanol–water partition coefficient (Wildman–Crippen LogP) is 6.13. The van der Waals surface area contributed by atoms with Crippen LogP contribution in [0.1, 0.15) is 10.7 Å². The predicted molar refractivity (Wildman–Crippen MR) is 112 cm³/mol. The number of rotatable bonds is 3. The minimum atomic E-state index is 0.578. The van der Waals surface area contributed by atoms with E-state index in [1.54, 1.807) is 11.3 Å². The van der Waals surface area contributed by atoms with Gasteiger partial charge in [-0.1, -0.05) is 40.2 Å². The number of halogens is 1. The number of aromatic nitrogens is 2. The maximum atomic E-state index is 9.65. The van der Waals surface area contributed by atoms with Gasteiger partial charge < -0.3 is 4.57 Å². The van der Waals surface area contributed by atoms with Crippen molar-refractivity contribution in [2.24, 2.45) is 7.05 Å². The lowest BCUT2D eigenvalue weighted by atomic mass is 10.1. The van der Waals surface area contributed by atoms with E-state index in [9.17, 15) is 5.26 Å². The molecule has 2 aromatic carbocycles. The van der Waals surface area contributed by atoms with Gasteiger partial charge in [0.15, 0.2) is 0 Å². The van der Waals surface area contributed by atoms with Crippen molar-refractivity contribution in [2.75, 3.05) is 0 Å². The first kappa shape index (κ1) is 16.8. The van der Waals surface area contributed by atoms with Crippen LogP contribution >= 0.6 is 27.3 Å². The number of para-hydroxylation sites is 1. The van der Waals surface area contributed by atoms with Gasteiger partial charge in [-0.25, -0.2) is 4.98 Å². The molecule has 0 N–H and O–H groups in total. The van der Waals surface area contributed by atoms with Gasteiger partial charge in [-0.05, 0) is 48.0 Å². The highest BCUT2D eigenvalue weighted by Gasteiger charge is 2.11. The van der Waals surface area contributed by atoms with Gasteiger partial charge >= 0.3 is 0 Å². The van der Waals surface area contributed by atoms with Crippen molar-refractivity contribution in [1.82, 2.24) is 9.55 Å². The largest absolute Gasteiger partial charge is 0.344 e. The molecule has 0 saturated heterocycles. The number of thiazole rings is 1. The number of nitriles is 1. The molecule has 0 spiro atoms. The summed E-state index contributed by atoms with van der Waals surface area (Å²) in [6.45, 7) is 0. The maximum Gasteiger partial charge on any atom is 0.135 e. The first-order chi connectivity index (χ1) is 12.7. The van der Waals surface area contributed by atoms with Crippen LogP contribution in [0.4, 0.5) is 0 Å². The molecule has 0 bridgehead atoms. The molecular formula is C21H14BrN3S. The van der Waals surface area contributed by atoms with Gasteiger partial charge in [-0.3, -0.25) is 0 Å². The number of fused-ring (bicyclic) bond motifs is 1. The van der Waals surface area contributed by atoms with Crippen LogP contribution in [0.15, 0.2) is 65.1 Å². The molecule has 0 aliphatic heterocycles. The molecule has 4 rings (SSSR count). The molecule has 0 radical (unpaired) electrons. The van der Waals surface area contributed by atoms with Gasteiger partial charge in [0.2, 0.25) is 0 Å². The van der Waals surface area contributed by atoms with E-state index in [2.05, 4.69) is 49.7 Å². The van der Waals surface area contributed by atoms with E-state index in [-0.39, 0.29) is 0 Å². The number of nitrogens with zero attached hydrogens (tertiary/aromatic N) is 3. The van der Waals surface area contributed by atoms with Gasteiger partial charge in [-0.15, -0.1) is 11.3 Å². The highest BCUT2D eigenvalue weighted by molar-refractivity contribution is 9.10. The fourth-order valence-electron chi connectivity index (χ4n) is 2.86. The molecule has 26 heavy (non-hydrogen) atoms. The zero-order valence-electron chi connectivity index (χ0n) is 14.0. The Morgan fingerprint density at radius 2 is 1.88 bits per heavy atom. The Kier molecular flexibility index (Phi) is 4.46. The summed E-state index contributed by atoms with van der Waals surface area (Å²) in [5, 5.41) is 10.4. The molecule has 2 heterocycles. The maximum absolute atomic E-state index is 9.65. The fraction of sp³-hybridized carbons (Fsp3) is 0.0476. The molecule has 4 aromatic rings. The number of allylic oxidation sites excluding steroid dienone is 1. The van der Waals surface area contributed by atoms with E-state index in [0.29, 0.717) is 5.57 Å².